The van der Waals surface area contributed by atoms with Crippen molar-refractivity contribution in [3.63, 3.8) is 0 Å². The third-order valence-electron chi connectivity index (χ3n) is 6.42. The Labute approximate surface area is 223 Å². The molecule has 2 aromatic rings. The van der Waals surface area contributed by atoms with Crippen LogP contribution in [-0.4, -0.2) is 90.6 Å². The second kappa shape index (κ2) is 13.4. The fourth-order valence-electron chi connectivity index (χ4n) is 4.38. The number of aromatic hydroxyl groups is 1. The van der Waals surface area contributed by atoms with Gasteiger partial charge >= 0.3 is 11.9 Å². The Morgan fingerprint density at radius 3 is 2.41 bits per heavy atom. The van der Waals surface area contributed by atoms with Crippen LogP contribution >= 0.6 is 0 Å². The molecule has 0 aliphatic carbocycles. The van der Waals surface area contributed by atoms with Crippen LogP contribution in [0.25, 0.3) is 0 Å². The maximum absolute atomic E-state index is 13.3. The minimum Gasteiger partial charge on any atom is -0.508 e. The van der Waals surface area contributed by atoms with Crippen LogP contribution < -0.4 is 16.4 Å². The molecule has 1 aromatic heterocycles. The van der Waals surface area contributed by atoms with Gasteiger partial charge in [0, 0.05) is 37.7 Å². The quantitative estimate of drug-likeness (QED) is 0.165. The van der Waals surface area contributed by atoms with Crippen LogP contribution in [0, 0.1) is 0 Å². The van der Waals surface area contributed by atoms with E-state index in [0.717, 1.165) is 0 Å². The number of hydrogen-bond donors (Lipinski definition) is 7. The lowest BCUT2D eigenvalue weighted by molar-refractivity contribution is -0.144. The molecule has 14 heteroatoms. The molecule has 2 heterocycles. The Balaban J connectivity index is 1.74. The third-order valence-corrected chi connectivity index (χ3v) is 6.42. The first-order valence-corrected chi connectivity index (χ1v) is 12.4. The summed E-state index contributed by atoms with van der Waals surface area (Å²) >= 11 is 0. The smallest absolute Gasteiger partial charge is 0.326 e. The zero-order valence-electron chi connectivity index (χ0n) is 21.1. The number of aliphatic carboxylic acids is 2. The molecule has 3 rings (SSSR count). The van der Waals surface area contributed by atoms with E-state index >= 15 is 0 Å². The van der Waals surface area contributed by atoms with Gasteiger partial charge in [0.15, 0.2) is 0 Å². The number of carboxylic acids is 2. The first-order valence-electron chi connectivity index (χ1n) is 12.4. The molecule has 39 heavy (non-hydrogen) atoms. The van der Waals surface area contributed by atoms with Gasteiger partial charge in [0.2, 0.25) is 17.7 Å². The largest absolute Gasteiger partial charge is 0.508 e. The Hall–Kier alpha value is -4.46. The molecule has 1 fully saturated rings. The van der Waals surface area contributed by atoms with Gasteiger partial charge in [-0.25, -0.2) is 9.78 Å². The predicted molar refractivity (Wildman–Crippen MR) is 135 cm³/mol. The molecular weight excluding hydrogens is 512 g/mol. The SMILES string of the molecule is NC(Cc1cnc[nH]1)C(=O)N1CCCC1C(=O)NC(Cc1ccc(O)cc1)C(=O)NC(CCC(=O)O)C(=O)O. The van der Waals surface area contributed by atoms with Crippen molar-refractivity contribution in [3.05, 3.63) is 48.0 Å². The van der Waals surface area contributed by atoms with Gasteiger partial charge in [-0.05, 0) is 37.0 Å². The van der Waals surface area contributed by atoms with E-state index in [9.17, 15) is 34.2 Å². The van der Waals surface area contributed by atoms with Crippen molar-refractivity contribution in [2.45, 2.75) is 62.7 Å². The molecule has 1 aromatic carbocycles. The van der Waals surface area contributed by atoms with Crippen molar-refractivity contribution in [2.24, 2.45) is 5.73 Å². The second-order valence-electron chi connectivity index (χ2n) is 9.34. The van der Waals surface area contributed by atoms with E-state index in [1.54, 1.807) is 18.3 Å². The van der Waals surface area contributed by atoms with Gasteiger partial charge in [0.25, 0.3) is 0 Å². The summed E-state index contributed by atoms with van der Waals surface area (Å²) in [5.41, 5.74) is 7.32. The van der Waals surface area contributed by atoms with Crippen molar-refractivity contribution in [1.82, 2.24) is 25.5 Å². The van der Waals surface area contributed by atoms with Crippen molar-refractivity contribution in [1.29, 1.82) is 0 Å². The molecule has 4 unspecified atom stereocenters. The van der Waals surface area contributed by atoms with E-state index < -0.39 is 60.2 Å². The number of carbonyl (C=O) groups is 5. The summed E-state index contributed by atoms with van der Waals surface area (Å²) in [4.78, 5) is 70.1. The topological polar surface area (TPSA) is 228 Å². The van der Waals surface area contributed by atoms with E-state index in [2.05, 4.69) is 20.6 Å². The average Bonchev–Trinajstić information content (AvgIpc) is 3.59. The lowest BCUT2D eigenvalue weighted by atomic mass is 10.0. The Morgan fingerprint density at radius 2 is 1.79 bits per heavy atom. The molecule has 3 amide bonds. The molecular formula is C25H32N6O8. The van der Waals surface area contributed by atoms with E-state index in [0.29, 0.717) is 30.6 Å². The zero-order valence-corrected chi connectivity index (χ0v) is 21.1. The number of nitrogens with one attached hydrogen (secondary N) is 3. The molecule has 1 aliphatic heterocycles. The Bertz CT molecular complexity index is 1170. The molecule has 210 valence electrons. The van der Waals surface area contributed by atoms with Gasteiger partial charge in [-0.1, -0.05) is 12.1 Å². The van der Waals surface area contributed by atoms with Gasteiger partial charge in [-0.3, -0.25) is 19.2 Å². The maximum Gasteiger partial charge on any atom is 0.326 e. The lowest BCUT2D eigenvalue weighted by Gasteiger charge is -2.28. The van der Waals surface area contributed by atoms with Crippen molar-refractivity contribution < 1.29 is 39.3 Å². The van der Waals surface area contributed by atoms with Crippen LogP contribution in [0.2, 0.25) is 0 Å². The maximum atomic E-state index is 13.3. The number of aromatic amines is 1. The summed E-state index contributed by atoms with van der Waals surface area (Å²) in [7, 11) is 0. The first kappa shape index (κ1) is 29.1. The molecule has 4 atom stereocenters. The fraction of sp³-hybridized carbons (Fsp3) is 0.440. The van der Waals surface area contributed by atoms with Crippen LogP contribution in [0.5, 0.6) is 5.75 Å². The predicted octanol–water partition coefficient (Wildman–Crippen LogP) is -0.862. The van der Waals surface area contributed by atoms with Crippen molar-refractivity contribution >= 4 is 29.7 Å². The van der Waals surface area contributed by atoms with Gasteiger partial charge in [0.05, 0.1) is 12.4 Å². The third kappa shape index (κ3) is 8.26. The number of aromatic nitrogens is 2. The number of carboxylic acid groups (broad SMARTS) is 2. The molecule has 14 nitrogen and oxygen atoms in total. The summed E-state index contributed by atoms with van der Waals surface area (Å²) in [6.07, 6.45) is 3.22. The van der Waals surface area contributed by atoms with E-state index in [4.69, 9.17) is 10.8 Å². The number of H-pyrrole nitrogens is 1. The van der Waals surface area contributed by atoms with Crippen molar-refractivity contribution in [3.8, 4) is 5.75 Å². The van der Waals surface area contributed by atoms with Crippen LogP contribution in [-0.2, 0) is 36.8 Å². The standard InChI is InChI=1S/C25H32N6O8/c26-17(11-15-12-27-13-28-15)24(37)31-9-1-2-20(31)23(36)30-19(10-14-3-5-16(32)6-4-14)22(35)29-18(25(38)39)7-8-21(33)34/h3-6,12-13,17-20,32H,1-2,7-11,26H2,(H,27,28)(H,29,35)(H,30,36)(H,33,34)(H,38,39). The summed E-state index contributed by atoms with van der Waals surface area (Å²) in [6, 6.07) is 1.35. The minimum atomic E-state index is -1.49. The summed E-state index contributed by atoms with van der Waals surface area (Å²) in [5.74, 6) is -4.51. The molecule has 0 saturated carbocycles. The van der Waals surface area contributed by atoms with Crippen molar-refractivity contribution in [2.75, 3.05) is 6.54 Å². The number of amides is 3. The average molecular weight is 545 g/mol. The summed E-state index contributed by atoms with van der Waals surface area (Å²) < 4.78 is 0. The van der Waals surface area contributed by atoms with Gasteiger partial charge in [-0.15, -0.1) is 0 Å². The Morgan fingerprint density at radius 1 is 1.08 bits per heavy atom. The monoisotopic (exact) mass is 544 g/mol. The zero-order chi connectivity index (χ0) is 28.5. The number of likely N-dealkylation sites (tertiary alicyclic amines) is 1. The lowest BCUT2D eigenvalue weighted by Crippen LogP contribution is -2.57. The molecule has 8 N–H and O–H groups in total. The number of nitrogens with two attached hydrogens (primary N) is 1. The number of phenolic OH excluding ortho intramolecular Hbond substituents is 1. The number of hydrogen-bond acceptors (Lipinski definition) is 8. The van der Waals surface area contributed by atoms with Crippen LogP contribution in [0.1, 0.15) is 36.9 Å². The molecule has 0 bridgehead atoms. The Kier molecular flexibility index (Phi) is 9.98. The van der Waals surface area contributed by atoms with Gasteiger partial charge < -0.3 is 41.6 Å². The molecule has 1 saturated heterocycles. The van der Waals surface area contributed by atoms with Crippen LogP contribution in [0.3, 0.4) is 0 Å². The minimum absolute atomic E-state index is 0.00465. The molecule has 0 radical (unpaired) electrons. The normalized spacial score (nSPS) is 17.2. The summed E-state index contributed by atoms with van der Waals surface area (Å²) in [5, 5.41) is 32.8. The highest BCUT2D eigenvalue weighted by atomic mass is 16.4. The van der Waals surface area contributed by atoms with Gasteiger partial charge in [-0.2, -0.15) is 0 Å². The number of imidazole rings is 1. The highest BCUT2D eigenvalue weighted by Gasteiger charge is 2.38. The van der Waals surface area contributed by atoms with Gasteiger partial charge in [0.1, 0.15) is 23.9 Å². The molecule has 0 spiro atoms. The number of nitrogens with zero attached hydrogens (tertiary/aromatic N) is 2. The molecule has 1 aliphatic rings. The fourth-order valence-corrected chi connectivity index (χ4v) is 4.38. The highest BCUT2D eigenvalue weighted by Crippen LogP contribution is 2.20. The highest BCUT2D eigenvalue weighted by molar-refractivity contribution is 5.94. The summed E-state index contributed by atoms with van der Waals surface area (Å²) in [6.45, 7) is 0.304. The number of benzene rings is 1. The first-order chi connectivity index (χ1) is 18.5. The van der Waals surface area contributed by atoms with Crippen LogP contribution in [0.15, 0.2) is 36.8 Å². The van der Waals surface area contributed by atoms with Crippen LogP contribution in [0.4, 0.5) is 0 Å². The number of rotatable bonds is 13. The van der Waals surface area contributed by atoms with E-state index in [1.165, 1.54) is 23.4 Å². The van der Waals surface area contributed by atoms with E-state index in [1.807, 2.05) is 0 Å². The second-order valence-corrected chi connectivity index (χ2v) is 9.34. The number of carbonyl (C=O) groups excluding carboxylic acids is 3. The number of phenols is 1. The van der Waals surface area contributed by atoms with E-state index in [-0.39, 0.29) is 25.0 Å².